The Bertz CT molecular complexity index is 187. The fourth-order valence-electron chi connectivity index (χ4n) is 3.22. The number of hydrogen-bond acceptors (Lipinski definition) is 1. The second-order valence-corrected chi connectivity index (χ2v) is 5.73. The van der Waals surface area contributed by atoms with Crippen LogP contribution in [-0.4, -0.2) is 12.6 Å². The van der Waals surface area contributed by atoms with Gasteiger partial charge in [0.15, 0.2) is 0 Å². The molecule has 1 nitrogen and oxygen atoms in total. The van der Waals surface area contributed by atoms with Gasteiger partial charge in [-0.3, -0.25) is 0 Å². The molecule has 0 aliphatic heterocycles. The van der Waals surface area contributed by atoms with Crippen molar-refractivity contribution in [1.82, 2.24) is 5.32 Å². The molecule has 1 heteroatoms. The van der Waals surface area contributed by atoms with E-state index in [2.05, 4.69) is 5.32 Å². The van der Waals surface area contributed by atoms with Crippen LogP contribution < -0.4 is 5.32 Å². The van der Waals surface area contributed by atoms with E-state index in [9.17, 15) is 0 Å². The van der Waals surface area contributed by atoms with E-state index in [1.807, 2.05) is 0 Å². The summed E-state index contributed by atoms with van der Waals surface area (Å²) in [4.78, 5) is 0. The average molecular weight is 193 g/mol. The molecule has 0 aromatic heterocycles. The fraction of sp³-hybridized carbons (Fsp3) is 1.00. The van der Waals surface area contributed by atoms with Crippen LogP contribution in [0.4, 0.5) is 0 Å². The van der Waals surface area contributed by atoms with Crippen molar-refractivity contribution in [2.24, 2.45) is 17.8 Å². The third-order valence-electron chi connectivity index (χ3n) is 4.45. The Balaban J connectivity index is 1.51. The normalized spacial score (nSPS) is 30.9. The summed E-state index contributed by atoms with van der Waals surface area (Å²) in [7, 11) is 0. The molecule has 3 aliphatic rings. The lowest BCUT2D eigenvalue weighted by Gasteiger charge is -2.23. The maximum atomic E-state index is 3.75. The van der Waals surface area contributed by atoms with Crippen LogP contribution in [0.5, 0.6) is 0 Å². The zero-order chi connectivity index (χ0) is 9.38. The zero-order valence-electron chi connectivity index (χ0n) is 9.17. The summed E-state index contributed by atoms with van der Waals surface area (Å²) >= 11 is 0. The molecule has 3 rings (SSSR count). The van der Waals surface area contributed by atoms with Gasteiger partial charge in [-0.25, -0.2) is 0 Å². The lowest BCUT2D eigenvalue weighted by Crippen LogP contribution is -2.30. The van der Waals surface area contributed by atoms with Gasteiger partial charge in [-0.2, -0.15) is 0 Å². The summed E-state index contributed by atoms with van der Waals surface area (Å²) in [6.07, 6.45) is 12.1. The molecule has 3 aliphatic carbocycles. The number of rotatable bonds is 5. The Morgan fingerprint density at radius 3 is 2.07 bits per heavy atom. The smallest absolute Gasteiger partial charge is 0.00683 e. The molecule has 0 bridgehead atoms. The van der Waals surface area contributed by atoms with Crippen LogP contribution in [0.15, 0.2) is 0 Å². The van der Waals surface area contributed by atoms with Crippen LogP contribution in [0.25, 0.3) is 0 Å². The van der Waals surface area contributed by atoms with Gasteiger partial charge >= 0.3 is 0 Å². The van der Waals surface area contributed by atoms with Crippen molar-refractivity contribution < 1.29 is 0 Å². The third-order valence-corrected chi connectivity index (χ3v) is 4.45. The molecule has 0 spiro atoms. The summed E-state index contributed by atoms with van der Waals surface area (Å²) < 4.78 is 0. The lowest BCUT2D eigenvalue weighted by atomic mass is 9.86. The molecule has 0 radical (unpaired) electrons. The van der Waals surface area contributed by atoms with E-state index in [-0.39, 0.29) is 0 Å². The molecule has 0 aromatic rings. The first-order valence-corrected chi connectivity index (χ1v) is 6.67. The monoisotopic (exact) mass is 193 g/mol. The highest BCUT2D eigenvalue weighted by Gasteiger charge is 2.37. The molecule has 3 fully saturated rings. The minimum absolute atomic E-state index is 0.914. The van der Waals surface area contributed by atoms with Crippen molar-refractivity contribution in [2.75, 3.05) is 6.54 Å². The molecule has 0 saturated heterocycles. The van der Waals surface area contributed by atoms with Gasteiger partial charge in [-0.1, -0.05) is 25.7 Å². The van der Waals surface area contributed by atoms with E-state index < -0.39 is 0 Å². The van der Waals surface area contributed by atoms with Crippen molar-refractivity contribution in [3.63, 3.8) is 0 Å². The number of hydrogen-bond donors (Lipinski definition) is 1. The Morgan fingerprint density at radius 1 is 0.857 bits per heavy atom. The quantitative estimate of drug-likeness (QED) is 0.708. The first-order valence-electron chi connectivity index (χ1n) is 6.67. The van der Waals surface area contributed by atoms with E-state index in [0.717, 1.165) is 23.8 Å². The van der Waals surface area contributed by atoms with Crippen molar-refractivity contribution in [3.05, 3.63) is 0 Å². The van der Waals surface area contributed by atoms with Crippen LogP contribution in [0.2, 0.25) is 0 Å². The maximum Gasteiger partial charge on any atom is 0.00683 e. The molecular weight excluding hydrogens is 170 g/mol. The second kappa shape index (κ2) is 3.84. The third kappa shape index (κ3) is 2.13. The Morgan fingerprint density at radius 2 is 1.50 bits per heavy atom. The van der Waals surface area contributed by atoms with E-state index in [4.69, 9.17) is 0 Å². The SMILES string of the molecule is C1CCC(C(CNC2CC2)C2CC2)C1. The van der Waals surface area contributed by atoms with Crippen LogP contribution in [-0.2, 0) is 0 Å². The number of nitrogens with one attached hydrogen (secondary N) is 1. The van der Waals surface area contributed by atoms with Gasteiger partial charge in [0.2, 0.25) is 0 Å². The Hall–Kier alpha value is -0.0400. The first-order chi connectivity index (χ1) is 6.93. The molecule has 80 valence electrons. The molecule has 0 amide bonds. The van der Waals surface area contributed by atoms with E-state index in [0.29, 0.717) is 0 Å². The molecular formula is C13H23N. The minimum Gasteiger partial charge on any atom is -0.314 e. The molecule has 0 heterocycles. The van der Waals surface area contributed by atoms with Gasteiger partial charge in [0.25, 0.3) is 0 Å². The van der Waals surface area contributed by atoms with Gasteiger partial charge in [-0.15, -0.1) is 0 Å². The lowest BCUT2D eigenvalue weighted by molar-refractivity contribution is 0.287. The van der Waals surface area contributed by atoms with E-state index in [1.54, 1.807) is 0 Å². The van der Waals surface area contributed by atoms with Crippen molar-refractivity contribution in [1.29, 1.82) is 0 Å². The molecule has 3 saturated carbocycles. The summed E-state index contributed by atoms with van der Waals surface area (Å²) in [5.74, 6) is 3.26. The zero-order valence-corrected chi connectivity index (χ0v) is 9.17. The molecule has 1 N–H and O–H groups in total. The van der Waals surface area contributed by atoms with Gasteiger partial charge < -0.3 is 5.32 Å². The van der Waals surface area contributed by atoms with Crippen LogP contribution in [0, 0.1) is 17.8 Å². The standard InChI is InChI=1S/C13H23N/c1-2-4-10(3-1)13(11-5-6-11)9-14-12-7-8-12/h10-14H,1-9H2. The van der Waals surface area contributed by atoms with Gasteiger partial charge in [-0.05, 0) is 50.0 Å². The Labute approximate surface area is 87.7 Å². The topological polar surface area (TPSA) is 12.0 Å². The Kier molecular flexibility index (Phi) is 2.53. The second-order valence-electron chi connectivity index (χ2n) is 5.73. The van der Waals surface area contributed by atoms with Crippen molar-refractivity contribution in [2.45, 2.75) is 57.4 Å². The van der Waals surface area contributed by atoms with Crippen LogP contribution in [0.3, 0.4) is 0 Å². The van der Waals surface area contributed by atoms with Crippen molar-refractivity contribution in [3.8, 4) is 0 Å². The highest BCUT2D eigenvalue weighted by Crippen LogP contribution is 2.45. The predicted molar refractivity (Wildman–Crippen MR) is 59.2 cm³/mol. The summed E-state index contributed by atoms with van der Waals surface area (Å²) in [5, 5.41) is 3.75. The average Bonchev–Trinajstić information content (AvgIpc) is 3.09. The maximum absolute atomic E-state index is 3.75. The predicted octanol–water partition coefficient (Wildman–Crippen LogP) is 2.95. The summed E-state index contributed by atoms with van der Waals surface area (Å²) in [5.41, 5.74) is 0. The summed E-state index contributed by atoms with van der Waals surface area (Å²) in [6, 6.07) is 0.914. The van der Waals surface area contributed by atoms with Crippen LogP contribution in [0.1, 0.15) is 51.4 Å². The van der Waals surface area contributed by atoms with Crippen LogP contribution >= 0.6 is 0 Å². The van der Waals surface area contributed by atoms with E-state index >= 15 is 0 Å². The molecule has 1 unspecified atom stereocenters. The highest BCUT2D eigenvalue weighted by molar-refractivity contribution is 4.91. The van der Waals surface area contributed by atoms with E-state index in [1.165, 1.54) is 57.9 Å². The molecule has 0 aromatic carbocycles. The van der Waals surface area contributed by atoms with Gasteiger partial charge in [0, 0.05) is 6.04 Å². The minimum atomic E-state index is 0.914. The molecule has 1 atom stereocenters. The van der Waals surface area contributed by atoms with Crippen molar-refractivity contribution >= 4 is 0 Å². The fourth-order valence-corrected chi connectivity index (χ4v) is 3.22. The first kappa shape index (κ1) is 9.21. The van der Waals surface area contributed by atoms with Gasteiger partial charge in [0.05, 0.1) is 0 Å². The highest BCUT2D eigenvalue weighted by atomic mass is 14.9. The largest absolute Gasteiger partial charge is 0.314 e. The summed E-state index contributed by atoms with van der Waals surface area (Å²) in [6.45, 7) is 1.35. The van der Waals surface area contributed by atoms with Gasteiger partial charge in [0.1, 0.15) is 0 Å². The molecule has 14 heavy (non-hydrogen) atoms.